The summed E-state index contributed by atoms with van der Waals surface area (Å²) in [7, 11) is 0. The molecule has 0 fully saturated rings. The minimum absolute atomic E-state index is 0.0947. The van der Waals surface area contributed by atoms with Gasteiger partial charge in [-0.15, -0.1) is 0 Å². The molecule has 1 aromatic heterocycles. The van der Waals surface area contributed by atoms with E-state index in [0.29, 0.717) is 0 Å². The van der Waals surface area contributed by atoms with Crippen molar-refractivity contribution in [3.8, 4) is 0 Å². The molecule has 0 atom stereocenters. The third kappa shape index (κ3) is 5.91. The first-order valence-electron chi connectivity index (χ1n) is 7.93. The van der Waals surface area contributed by atoms with Gasteiger partial charge < -0.3 is 14.6 Å². The van der Waals surface area contributed by atoms with Crippen LogP contribution in [0.1, 0.15) is 42.4 Å². The number of carbonyl (C=O) groups is 2. The topological polar surface area (TPSA) is 82.6 Å². The van der Waals surface area contributed by atoms with Crippen molar-refractivity contribution in [3.05, 3.63) is 65.5 Å². The van der Waals surface area contributed by atoms with Crippen LogP contribution in [0.25, 0.3) is 0 Å². The van der Waals surface area contributed by atoms with E-state index in [4.69, 9.17) is 4.74 Å². The number of aromatic carboxylic acids is 1. The highest BCUT2D eigenvalue weighted by atomic mass is 16.6. The number of carboxylic acids is 1. The fourth-order valence-electron chi connectivity index (χ4n) is 2.17. The Morgan fingerprint density at radius 2 is 1.76 bits per heavy atom. The Balaban J connectivity index is 2.18. The molecule has 0 aliphatic carbocycles. The van der Waals surface area contributed by atoms with E-state index < -0.39 is 17.7 Å². The van der Waals surface area contributed by atoms with Gasteiger partial charge >= 0.3 is 6.09 Å². The van der Waals surface area contributed by atoms with Crippen molar-refractivity contribution in [3.63, 3.8) is 0 Å². The van der Waals surface area contributed by atoms with Gasteiger partial charge in [-0.25, -0.2) is 4.79 Å². The molecule has 0 aliphatic heterocycles. The van der Waals surface area contributed by atoms with E-state index in [2.05, 4.69) is 4.98 Å². The van der Waals surface area contributed by atoms with Gasteiger partial charge in [0.1, 0.15) is 5.60 Å². The molecule has 1 heterocycles. The van der Waals surface area contributed by atoms with Crippen molar-refractivity contribution in [2.75, 3.05) is 0 Å². The molecule has 1 amide bonds. The van der Waals surface area contributed by atoms with E-state index in [-0.39, 0.29) is 18.7 Å². The molecule has 0 bridgehead atoms. The number of hydrogen-bond acceptors (Lipinski definition) is 5. The standard InChI is InChI=1S/C19H22N2O4/c1-19(2,3)25-18(24)21(13-16-6-4-5-11-20-16)12-14-7-9-15(10-8-14)17(22)23/h4-11H,12-13H2,1-3H3,(H,22,23)/p-1. The number of carbonyl (C=O) groups excluding carboxylic acids is 2. The second-order valence-electron chi connectivity index (χ2n) is 6.64. The molecule has 2 aromatic rings. The van der Waals surface area contributed by atoms with Crippen molar-refractivity contribution in [1.82, 2.24) is 9.88 Å². The summed E-state index contributed by atoms with van der Waals surface area (Å²) in [5.74, 6) is -1.23. The molecule has 0 unspecified atom stereocenters. The number of rotatable bonds is 5. The van der Waals surface area contributed by atoms with Crippen LogP contribution >= 0.6 is 0 Å². The maximum absolute atomic E-state index is 12.5. The van der Waals surface area contributed by atoms with Gasteiger partial charge in [0.05, 0.1) is 18.2 Å². The van der Waals surface area contributed by atoms with E-state index in [1.54, 1.807) is 45.2 Å². The molecule has 6 nitrogen and oxygen atoms in total. The van der Waals surface area contributed by atoms with Gasteiger partial charge in [-0.2, -0.15) is 0 Å². The van der Waals surface area contributed by atoms with Crippen LogP contribution in [0.2, 0.25) is 0 Å². The number of ether oxygens (including phenoxy) is 1. The van der Waals surface area contributed by atoms with E-state index in [1.165, 1.54) is 17.0 Å². The highest BCUT2D eigenvalue weighted by Crippen LogP contribution is 2.15. The van der Waals surface area contributed by atoms with Crippen LogP contribution in [0.4, 0.5) is 4.79 Å². The van der Waals surface area contributed by atoms with Crippen LogP contribution in [0, 0.1) is 0 Å². The van der Waals surface area contributed by atoms with Crippen LogP contribution in [0.5, 0.6) is 0 Å². The lowest BCUT2D eigenvalue weighted by Gasteiger charge is -2.27. The summed E-state index contributed by atoms with van der Waals surface area (Å²) in [6, 6.07) is 11.7. The number of pyridine rings is 1. The van der Waals surface area contributed by atoms with Gasteiger partial charge in [-0.05, 0) is 44.0 Å². The fraction of sp³-hybridized carbons (Fsp3) is 0.316. The maximum Gasteiger partial charge on any atom is 0.410 e. The number of hydrogen-bond donors (Lipinski definition) is 0. The SMILES string of the molecule is CC(C)(C)OC(=O)N(Cc1ccc(C(=O)[O-])cc1)Cc1ccccn1. The fourth-order valence-corrected chi connectivity index (χ4v) is 2.17. The average molecular weight is 341 g/mol. The molecular weight excluding hydrogens is 320 g/mol. The zero-order valence-electron chi connectivity index (χ0n) is 14.6. The summed E-state index contributed by atoms with van der Waals surface area (Å²) in [6.45, 7) is 5.98. The Kier molecular flexibility index (Phi) is 5.75. The summed E-state index contributed by atoms with van der Waals surface area (Å²) >= 11 is 0. The minimum Gasteiger partial charge on any atom is -0.545 e. The third-order valence-electron chi connectivity index (χ3n) is 3.29. The zero-order valence-corrected chi connectivity index (χ0v) is 14.6. The number of nitrogens with zero attached hydrogens (tertiary/aromatic N) is 2. The normalized spacial score (nSPS) is 11.0. The van der Waals surface area contributed by atoms with Gasteiger partial charge in [0.15, 0.2) is 0 Å². The number of aromatic nitrogens is 1. The molecule has 132 valence electrons. The predicted octanol–water partition coefficient (Wildman–Crippen LogP) is 2.38. The largest absolute Gasteiger partial charge is 0.545 e. The Morgan fingerprint density at radius 3 is 2.28 bits per heavy atom. The van der Waals surface area contributed by atoms with Crippen molar-refractivity contribution in [2.45, 2.75) is 39.5 Å². The van der Waals surface area contributed by atoms with Crippen LogP contribution in [-0.2, 0) is 17.8 Å². The minimum atomic E-state index is -1.23. The monoisotopic (exact) mass is 341 g/mol. The lowest BCUT2D eigenvalue weighted by atomic mass is 10.1. The van der Waals surface area contributed by atoms with Crippen molar-refractivity contribution in [1.29, 1.82) is 0 Å². The smallest absolute Gasteiger partial charge is 0.410 e. The van der Waals surface area contributed by atoms with Crippen molar-refractivity contribution >= 4 is 12.1 Å². The Morgan fingerprint density at radius 1 is 1.08 bits per heavy atom. The van der Waals surface area contributed by atoms with Gasteiger partial charge in [-0.1, -0.05) is 30.3 Å². The van der Waals surface area contributed by atoms with Gasteiger partial charge in [-0.3, -0.25) is 9.88 Å². The summed E-state index contributed by atoms with van der Waals surface area (Å²) < 4.78 is 5.46. The van der Waals surface area contributed by atoms with E-state index >= 15 is 0 Å². The van der Waals surface area contributed by atoms with E-state index in [9.17, 15) is 14.7 Å². The highest BCUT2D eigenvalue weighted by Gasteiger charge is 2.22. The molecule has 25 heavy (non-hydrogen) atoms. The molecule has 0 saturated carbocycles. The molecule has 0 N–H and O–H groups in total. The van der Waals surface area contributed by atoms with E-state index in [1.807, 2.05) is 12.1 Å². The Labute approximate surface area is 147 Å². The summed E-state index contributed by atoms with van der Waals surface area (Å²) in [5.41, 5.74) is 1.00. The first kappa shape index (κ1) is 18.4. The number of benzene rings is 1. The highest BCUT2D eigenvalue weighted by molar-refractivity contribution is 5.85. The van der Waals surface area contributed by atoms with Gasteiger partial charge in [0.25, 0.3) is 0 Å². The first-order valence-corrected chi connectivity index (χ1v) is 7.93. The van der Waals surface area contributed by atoms with Crippen LogP contribution in [0.15, 0.2) is 48.7 Å². The lowest BCUT2D eigenvalue weighted by Crippen LogP contribution is -2.36. The zero-order chi connectivity index (χ0) is 18.4. The number of carboxylic acid groups (broad SMARTS) is 1. The summed E-state index contributed by atoms with van der Waals surface area (Å²) in [6.07, 6.45) is 1.21. The van der Waals surface area contributed by atoms with Crippen molar-refractivity contribution in [2.24, 2.45) is 0 Å². The molecule has 0 radical (unpaired) electrons. The molecule has 1 aromatic carbocycles. The van der Waals surface area contributed by atoms with Gasteiger partial charge in [0, 0.05) is 12.7 Å². The molecular formula is C19H21N2O4-. The first-order chi connectivity index (χ1) is 11.7. The summed E-state index contributed by atoms with van der Waals surface area (Å²) in [5, 5.41) is 10.8. The Bertz CT molecular complexity index is 721. The summed E-state index contributed by atoms with van der Waals surface area (Å²) in [4.78, 5) is 29.1. The van der Waals surface area contributed by atoms with Crippen LogP contribution in [-0.4, -0.2) is 27.5 Å². The van der Waals surface area contributed by atoms with Crippen LogP contribution < -0.4 is 5.11 Å². The number of amides is 1. The molecule has 0 spiro atoms. The molecule has 0 aliphatic rings. The second kappa shape index (κ2) is 7.79. The quantitative estimate of drug-likeness (QED) is 0.834. The van der Waals surface area contributed by atoms with E-state index in [0.717, 1.165) is 11.3 Å². The lowest BCUT2D eigenvalue weighted by molar-refractivity contribution is -0.255. The van der Waals surface area contributed by atoms with Crippen molar-refractivity contribution < 1.29 is 19.4 Å². The molecule has 6 heteroatoms. The second-order valence-corrected chi connectivity index (χ2v) is 6.64. The van der Waals surface area contributed by atoms with Gasteiger partial charge in [0.2, 0.25) is 0 Å². The molecule has 0 saturated heterocycles. The predicted molar refractivity (Wildman–Crippen MR) is 90.5 cm³/mol. The van der Waals surface area contributed by atoms with Crippen LogP contribution in [0.3, 0.4) is 0 Å². The maximum atomic E-state index is 12.5. The third-order valence-corrected chi connectivity index (χ3v) is 3.29. The average Bonchev–Trinajstić information content (AvgIpc) is 2.54. The Hall–Kier alpha value is -2.89. The molecule has 2 rings (SSSR count).